The molecular formula is C9H12N4O. The van der Waals surface area contributed by atoms with Crippen LogP contribution >= 0.6 is 0 Å². The molecule has 0 saturated heterocycles. The fourth-order valence-electron chi connectivity index (χ4n) is 1.01. The van der Waals surface area contributed by atoms with Crippen molar-refractivity contribution >= 4 is 11.0 Å². The number of hydrogen-bond donors (Lipinski definition) is 1. The molecule has 2 aromatic rings. The summed E-state index contributed by atoms with van der Waals surface area (Å²) in [4.78, 5) is 19.0. The molecule has 0 aliphatic rings. The Balaban J connectivity index is 0.000000461. The van der Waals surface area contributed by atoms with Crippen LogP contribution in [0.5, 0.6) is 0 Å². The van der Waals surface area contributed by atoms with Crippen molar-refractivity contribution in [3.63, 3.8) is 0 Å². The zero-order valence-corrected chi connectivity index (χ0v) is 8.40. The van der Waals surface area contributed by atoms with Gasteiger partial charge in [-0.2, -0.15) is 5.10 Å². The molecule has 2 aromatic heterocycles. The zero-order valence-electron chi connectivity index (χ0n) is 8.40. The number of nitrogens with one attached hydrogen (secondary N) is 1. The fourth-order valence-corrected chi connectivity index (χ4v) is 1.01. The minimum absolute atomic E-state index is 0.302. The molecule has 0 spiro atoms. The molecule has 1 N–H and O–H groups in total. The summed E-state index contributed by atoms with van der Waals surface area (Å²) in [6.45, 7) is 5.77. The maximum absolute atomic E-state index is 11.1. The minimum atomic E-state index is -0.302. The first kappa shape index (κ1) is 10.3. The molecule has 0 aliphatic heterocycles. The van der Waals surface area contributed by atoms with Crippen molar-refractivity contribution in [1.29, 1.82) is 0 Å². The van der Waals surface area contributed by atoms with Gasteiger partial charge in [-0.3, -0.25) is 9.78 Å². The average molecular weight is 192 g/mol. The number of aromatic nitrogens is 4. The summed E-state index contributed by atoms with van der Waals surface area (Å²) in [5.74, 6) is 0. The summed E-state index contributed by atoms with van der Waals surface area (Å²) in [5.41, 5.74) is 1.27. The predicted octanol–water partition coefficient (Wildman–Crippen LogP) is 1.05. The van der Waals surface area contributed by atoms with Gasteiger partial charge in [-0.15, -0.1) is 0 Å². The second kappa shape index (κ2) is 4.45. The first-order chi connectivity index (χ1) is 6.79. The lowest BCUT2D eigenvalue weighted by atomic mass is 10.3. The third-order valence-electron chi connectivity index (χ3n) is 1.58. The van der Waals surface area contributed by atoms with E-state index in [0.29, 0.717) is 16.7 Å². The molecule has 14 heavy (non-hydrogen) atoms. The summed E-state index contributed by atoms with van der Waals surface area (Å²) in [6, 6.07) is 0. The van der Waals surface area contributed by atoms with Crippen LogP contribution < -0.4 is 5.56 Å². The van der Waals surface area contributed by atoms with Gasteiger partial charge < -0.3 is 0 Å². The summed E-state index contributed by atoms with van der Waals surface area (Å²) in [5, 5.41) is 6.10. The van der Waals surface area contributed by atoms with Gasteiger partial charge in [-0.25, -0.2) is 10.1 Å². The van der Waals surface area contributed by atoms with Crippen molar-refractivity contribution in [2.24, 2.45) is 0 Å². The highest BCUT2D eigenvalue weighted by molar-refractivity contribution is 5.74. The van der Waals surface area contributed by atoms with E-state index >= 15 is 0 Å². The molecule has 0 amide bonds. The summed E-state index contributed by atoms with van der Waals surface area (Å²) < 4.78 is 0. The van der Waals surface area contributed by atoms with Crippen molar-refractivity contribution < 1.29 is 0 Å². The van der Waals surface area contributed by atoms with Crippen molar-refractivity contribution in [3.8, 4) is 0 Å². The molecular weight excluding hydrogens is 180 g/mol. The number of hydrogen-bond acceptors (Lipinski definition) is 4. The van der Waals surface area contributed by atoms with E-state index in [9.17, 15) is 4.79 Å². The molecule has 74 valence electrons. The van der Waals surface area contributed by atoms with E-state index in [0.717, 1.165) is 0 Å². The first-order valence-corrected chi connectivity index (χ1v) is 4.45. The van der Waals surface area contributed by atoms with E-state index < -0.39 is 0 Å². The van der Waals surface area contributed by atoms with E-state index in [4.69, 9.17) is 0 Å². The molecule has 0 bridgehead atoms. The molecule has 0 aromatic carbocycles. The maximum Gasteiger partial charge on any atom is 0.292 e. The highest BCUT2D eigenvalue weighted by atomic mass is 16.1. The second-order valence-electron chi connectivity index (χ2n) is 2.39. The van der Waals surface area contributed by atoms with Gasteiger partial charge >= 0.3 is 0 Å². The Morgan fingerprint density at radius 1 is 1.14 bits per heavy atom. The van der Waals surface area contributed by atoms with Gasteiger partial charge in [0.25, 0.3) is 5.56 Å². The van der Waals surface area contributed by atoms with Crippen LogP contribution in [0.4, 0.5) is 0 Å². The zero-order chi connectivity index (χ0) is 10.6. The minimum Gasteiger partial charge on any atom is -0.265 e. The number of aryl methyl sites for hydroxylation is 1. The molecule has 2 rings (SSSR count). The van der Waals surface area contributed by atoms with Crippen LogP contribution in [0, 0.1) is 6.92 Å². The number of rotatable bonds is 0. The van der Waals surface area contributed by atoms with Crippen LogP contribution in [0.1, 0.15) is 19.5 Å². The quantitative estimate of drug-likeness (QED) is 0.677. The molecule has 0 fully saturated rings. The molecule has 0 aliphatic carbocycles. The Kier molecular flexibility index (Phi) is 3.28. The standard InChI is InChI=1S/C7H6N4O.C2H6/c1-4-5-6(7(12)11-10-4)9-3-2-8-5;1-2/h2-3H,1H3,(H,11,12);1-2H3. The lowest BCUT2D eigenvalue weighted by molar-refractivity contribution is 0.955. The van der Waals surface area contributed by atoms with Gasteiger partial charge in [0, 0.05) is 12.4 Å². The van der Waals surface area contributed by atoms with E-state index in [2.05, 4.69) is 20.2 Å². The molecule has 0 radical (unpaired) electrons. The Morgan fingerprint density at radius 3 is 2.29 bits per heavy atom. The molecule has 5 heteroatoms. The molecule has 5 nitrogen and oxygen atoms in total. The number of aromatic amines is 1. The van der Waals surface area contributed by atoms with Crippen molar-refractivity contribution in [2.75, 3.05) is 0 Å². The topological polar surface area (TPSA) is 71.5 Å². The van der Waals surface area contributed by atoms with Crippen molar-refractivity contribution in [1.82, 2.24) is 20.2 Å². The monoisotopic (exact) mass is 192 g/mol. The summed E-state index contributed by atoms with van der Waals surface area (Å²) in [7, 11) is 0. The van der Waals surface area contributed by atoms with Crippen LogP contribution in [0.15, 0.2) is 17.2 Å². The van der Waals surface area contributed by atoms with Gasteiger partial charge in [0.15, 0.2) is 5.52 Å². The molecule has 0 saturated carbocycles. The average Bonchev–Trinajstić information content (AvgIpc) is 2.27. The molecule has 2 heterocycles. The third kappa shape index (κ3) is 1.76. The number of nitrogens with zero attached hydrogens (tertiary/aromatic N) is 3. The van der Waals surface area contributed by atoms with Crippen molar-refractivity contribution in [3.05, 3.63) is 28.4 Å². The van der Waals surface area contributed by atoms with E-state index in [-0.39, 0.29) is 5.56 Å². The van der Waals surface area contributed by atoms with Gasteiger partial charge in [0.2, 0.25) is 0 Å². The van der Waals surface area contributed by atoms with E-state index in [1.165, 1.54) is 12.4 Å². The second-order valence-corrected chi connectivity index (χ2v) is 2.39. The normalized spacial score (nSPS) is 9.36. The van der Waals surface area contributed by atoms with Gasteiger partial charge in [-0.1, -0.05) is 13.8 Å². The van der Waals surface area contributed by atoms with Crippen LogP contribution in [0.3, 0.4) is 0 Å². The molecule has 0 atom stereocenters. The van der Waals surface area contributed by atoms with Crippen molar-refractivity contribution in [2.45, 2.75) is 20.8 Å². The predicted molar refractivity (Wildman–Crippen MR) is 54.0 cm³/mol. The Hall–Kier alpha value is -1.78. The van der Waals surface area contributed by atoms with Gasteiger partial charge in [-0.05, 0) is 6.92 Å². The van der Waals surface area contributed by atoms with E-state index in [1.807, 2.05) is 13.8 Å². The van der Waals surface area contributed by atoms with Crippen LogP contribution in [0.25, 0.3) is 11.0 Å². The highest BCUT2D eigenvalue weighted by Crippen LogP contribution is 2.03. The summed E-state index contributed by atoms with van der Waals surface area (Å²) >= 11 is 0. The Morgan fingerprint density at radius 2 is 1.71 bits per heavy atom. The van der Waals surface area contributed by atoms with Gasteiger partial charge in [0.1, 0.15) is 5.52 Å². The van der Waals surface area contributed by atoms with Crippen LogP contribution in [0.2, 0.25) is 0 Å². The van der Waals surface area contributed by atoms with E-state index in [1.54, 1.807) is 6.92 Å². The highest BCUT2D eigenvalue weighted by Gasteiger charge is 2.02. The first-order valence-electron chi connectivity index (χ1n) is 4.45. The fraction of sp³-hybridized carbons (Fsp3) is 0.333. The maximum atomic E-state index is 11.1. The summed E-state index contributed by atoms with van der Waals surface area (Å²) in [6.07, 6.45) is 3.02. The number of H-pyrrole nitrogens is 1. The largest absolute Gasteiger partial charge is 0.292 e. The van der Waals surface area contributed by atoms with Gasteiger partial charge in [0.05, 0.1) is 5.69 Å². The third-order valence-corrected chi connectivity index (χ3v) is 1.58. The lowest BCUT2D eigenvalue weighted by Crippen LogP contribution is -2.11. The SMILES string of the molecule is CC.Cc1n[nH]c(=O)c2nccnc12. The smallest absolute Gasteiger partial charge is 0.265 e. The molecule has 0 unspecified atom stereocenters. The Bertz CT molecular complexity index is 477. The van der Waals surface area contributed by atoms with Crippen LogP contribution in [-0.4, -0.2) is 20.2 Å². The lowest BCUT2D eigenvalue weighted by Gasteiger charge is -1.95. The Labute approximate surface area is 81.2 Å². The van der Waals surface area contributed by atoms with Crippen LogP contribution in [-0.2, 0) is 0 Å². The number of fused-ring (bicyclic) bond motifs is 1.